The van der Waals surface area contributed by atoms with E-state index in [-0.39, 0.29) is 31.4 Å². The van der Waals surface area contributed by atoms with Gasteiger partial charge in [-0.25, -0.2) is 0 Å². The van der Waals surface area contributed by atoms with Gasteiger partial charge >= 0.3 is 5.97 Å². The molecule has 0 unspecified atom stereocenters. The maximum absolute atomic E-state index is 12.2. The van der Waals surface area contributed by atoms with Crippen LogP contribution in [-0.4, -0.2) is 69.1 Å². The molecule has 142 valence electrons. The third kappa shape index (κ3) is 5.94. The molecule has 1 aromatic rings. The molecule has 0 spiro atoms. The number of carbonyl (C=O) groups excluding carboxylic acids is 3. The lowest BCUT2D eigenvalue weighted by atomic mass is 10.2. The predicted octanol–water partition coefficient (Wildman–Crippen LogP) is 0.413. The summed E-state index contributed by atoms with van der Waals surface area (Å²) in [6, 6.07) is 7.81. The zero-order valence-electron chi connectivity index (χ0n) is 15.2. The minimum Gasteiger partial charge on any atom is -0.497 e. The normalized spacial score (nSPS) is 13.9. The van der Waals surface area contributed by atoms with Gasteiger partial charge in [0.05, 0.1) is 13.5 Å². The van der Waals surface area contributed by atoms with Crippen molar-refractivity contribution in [2.24, 2.45) is 0 Å². The number of methoxy groups -OCH3 is 1. The van der Waals surface area contributed by atoms with E-state index in [0.717, 1.165) is 11.4 Å². The smallest absolute Gasteiger partial charge is 0.308 e. The second kappa shape index (κ2) is 9.65. The van der Waals surface area contributed by atoms with Crippen LogP contribution in [0.4, 0.5) is 5.69 Å². The van der Waals surface area contributed by atoms with Gasteiger partial charge in [-0.3, -0.25) is 14.4 Å². The first-order valence-electron chi connectivity index (χ1n) is 8.56. The Labute approximate surface area is 153 Å². The van der Waals surface area contributed by atoms with E-state index in [2.05, 4.69) is 10.2 Å². The van der Waals surface area contributed by atoms with E-state index in [9.17, 15) is 14.4 Å². The first-order valence-corrected chi connectivity index (χ1v) is 8.56. The summed E-state index contributed by atoms with van der Waals surface area (Å²) in [5.74, 6) is -0.0947. The second-order valence-electron chi connectivity index (χ2n) is 5.96. The SMILES string of the molecule is COc1ccc(N2CCN(C(=O)COC(=O)CCNC(C)=O)CC2)cc1. The molecule has 1 saturated heterocycles. The molecule has 1 fully saturated rings. The van der Waals surface area contributed by atoms with E-state index in [1.165, 1.54) is 6.92 Å². The fraction of sp³-hybridized carbons (Fsp3) is 0.500. The Balaban J connectivity index is 1.70. The zero-order chi connectivity index (χ0) is 18.9. The van der Waals surface area contributed by atoms with Crippen LogP contribution in [-0.2, 0) is 19.1 Å². The van der Waals surface area contributed by atoms with Gasteiger partial charge in [0.25, 0.3) is 5.91 Å². The minimum atomic E-state index is -0.496. The second-order valence-corrected chi connectivity index (χ2v) is 5.96. The van der Waals surface area contributed by atoms with Crippen molar-refractivity contribution in [3.63, 3.8) is 0 Å². The minimum absolute atomic E-state index is 0.0537. The van der Waals surface area contributed by atoms with Crippen molar-refractivity contribution in [1.82, 2.24) is 10.2 Å². The van der Waals surface area contributed by atoms with E-state index in [1.54, 1.807) is 12.0 Å². The molecule has 0 atom stereocenters. The van der Waals surface area contributed by atoms with Crippen LogP contribution < -0.4 is 15.0 Å². The molecular formula is C18H25N3O5. The molecule has 0 bridgehead atoms. The summed E-state index contributed by atoms with van der Waals surface area (Å²) >= 11 is 0. The molecule has 0 aliphatic carbocycles. The van der Waals surface area contributed by atoms with Crippen LogP contribution in [0.2, 0.25) is 0 Å². The average Bonchev–Trinajstić information content (AvgIpc) is 2.66. The van der Waals surface area contributed by atoms with Gasteiger partial charge in [-0.15, -0.1) is 0 Å². The molecular weight excluding hydrogens is 338 g/mol. The zero-order valence-corrected chi connectivity index (χ0v) is 15.2. The number of nitrogens with one attached hydrogen (secondary N) is 1. The maximum Gasteiger partial charge on any atom is 0.308 e. The summed E-state index contributed by atoms with van der Waals surface area (Å²) in [7, 11) is 1.63. The Morgan fingerprint density at radius 3 is 2.31 bits per heavy atom. The van der Waals surface area contributed by atoms with Crippen molar-refractivity contribution in [2.75, 3.05) is 51.3 Å². The fourth-order valence-corrected chi connectivity index (χ4v) is 2.65. The molecule has 1 aliphatic heterocycles. The van der Waals surface area contributed by atoms with Gasteiger partial charge in [-0.05, 0) is 24.3 Å². The summed E-state index contributed by atoms with van der Waals surface area (Å²) in [5, 5.41) is 2.51. The lowest BCUT2D eigenvalue weighted by molar-refractivity contribution is -0.152. The first-order chi connectivity index (χ1) is 12.5. The Morgan fingerprint density at radius 2 is 1.73 bits per heavy atom. The van der Waals surface area contributed by atoms with Crippen LogP contribution in [0.25, 0.3) is 0 Å². The molecule has 8 nitrogen and oxygen atoms in total. The number of ether oxygens (including phenoxy) is 2. The molecule has 1 heterocycles. The van der Waals surface area contributed by atoms with Gasteiger partial charge in [0.15, 0.2) is 6.61 Å². The van der Waals surface area contributed by atoms with E-state index < -0.39 is 5.97 Å². The molecule has 0 radical (unpaired) electrons. The van der Waals surface area contributed by atoms with Crippen molar-refractivity contribution < 1.29 is 23.9 Å². The Morgan fingerprint density at radius 1 is 1.08 bits per heavy atom. The summed E-state index contributed by atoms with van der Waals surface area (Å²) in [4.78, 5) is 38.3. The van der Waals surface area contributed by atoms with Crippen LogP contribution in [0.15, 0.2) is 24.3 Å². The number of carbonyl (C=O) groups is 3. The highest BCUT2D eigenvalue weighted by molar-refractivity contribution is 5.81. The molecule has 2 rings (SSSR count). The molecule has 1 aliphatic rings. The van der Waals surface area contributed by atoms with Crippen molar-refractivity contribution in [3.8, 4) is 5.75 Å². The topological polar surface area (TPSA) is 88.2 Å². The number of hydrogen-bond donors (Lipinski definition) is 1. The molecule has 0 saturated carbocycles. The van der Waals surface area contributed by atoms with Gasteiger partial charge in [0.1, 0.15) is 5.75 Å². The summed E-state index contributed by atoms with van der Waals surface area (Å²) in [6.45, 7) is 3.91. The Bertz CT molecular complexity index is 624. The van der Waals surface area contributed by atoms with E-state index >= 15 is 0 Å². The molecule has 2 amide bonds. The van der Waals surface area contributed by atoms with E-state index in [4.69, 9.17) is 9.47 Å². The van der Waals surface area contributed by atoms with Crippen LogP contribution in [0.3, 0.4) is 0 Å². The van der Waals surface area contributed by atoms with Crippen molar-refractivity contribution in [1.29, 1.82) is 0 Å². The van der Waals surface area contributed by atoms with Crippen LogP contribution in [0, 0.1) is 0 Å². The van der Waals surface area contributed by atoms with Crippen LogP contribution >= 0.6 is 0 Å². The van der Waals surface area contributed by atoms with E-state index in [0.29, 0.717) is 26.2 Å². The third-order valence-electron chi connectivity index (χ3n) is 4.13. The maximum atomic E-state index is 12.2. The number of anilines is 1. The van der Waals surface area contributed by atoms with Gasteiger partial charge in [-0.1, -0.05) is 0 Å². The monoisotopic (exact) mass is 363 g/mol. The highest BCUT2D eigenvalue weighted by Crippen LogP contribution is 2.20. The highest BCUT2D eigenvalue weighted by Gasteiger charge is 2.22. The Kier molecular flexibility index (Phi) is 7.25. The largest absolute Gasteiger partial charge is 0.497 e. The number of benzene rings is 1. The number of piperazine rings is 1. The number of amides is 2. The van der Waals surface area contributed by atoms with Gasteiger partial charge in [0, 0.05) is 45.3 Å². The van der Waals surface area contributed by atoms with Gasteiger partial charge in [-0.2, -0.15) is 0 Å². The molecule has 1 aromatic carbocycles. The number of rotatable bonds is 7. The summed E-state index contributed by atoms with van der Waals surface area (Å²) in [6.07, 6.45) is 0.0537. The molecule has 26 heavy (non-hydrogen) atoms. The predicted molar refractivity (Wildman–Crippen MR) is 96.0 cm³/mol. The summed E-state index contributed by atoms with van der Waals surface area (Å²) < 4.78 is 10.1. The third-order valence-corrected chi connectivity index (χ3v) is 4.13. The molecule has 8 heteroatoms. The van der Waals surface area contributed by atoms with Gasteiger partial charge in [0.2, 0.25) is 5.91 Å². The van der Waals surface area contributed by atoms with Crippen LogP contribution in [0.5, 0.6) is 5.75 Å². The lowest BCUT2D eigenvalue weighted by Crippen LogP contribution is -2.49. The standard InChI is InChI=1S/C18H25N3O5/c1-14(22)19-8-7-18(24)26-13-17(23)21-11-9-20(10-12-21)15-3-5-16(25-2)6-4-15/h3-6H,7-13H2,1-2H3,(H,19,22). The summed E-state index contributed by atoms with van der Waals surface area (Å²) in [5.41, 5.74) is 1.09. The van der Waals surface area contributed by atoms with Crippen molar-refractivity contribution in [2.45, 2.75) is 13.3 Å². The van der Waals surface area contributed by atoms with E-state index in [1.807, 2.05) is 24.3 Å². The lowest BCUT2D eigenvalue weighted by Gasteiger charge is -2.36. The number of esters is 1. The average molecular weight is 363 g/mol. The fourth-order valence-electron chi connectivity index (χ4n) is 2.65. The number of nitrogens with zero attached hydrogens (tertiary/aromatic N) is 2. The quantitative estimate of drug-likeness (QED) is 0.706. The van der Waals surface area contributed by atoms with Crippen molar-refractivity contribution >= 4 is 23.5 Å². The Hall–Kier alpha value is -2.77. The van der Waals surface area contributed by atoms with Crippen molar-refractivity contribution in [3.05, 3.63) is 24.3 Å². The van der Waals surface area contributed by atoms with Gasteiger partial charge < -0.3 is 24.6 Å². The molecule has 0 aromatic heterocycles. The first kappa shape index (κ1) is 19.6. The molecule has 1 N–H and O–H groups in total. The van der Waals surface area contributed by atoms with Crippen LogP contribution in [0.1, 0.15) is 13.3 Å². The highest BCUT2D eigenvalue weighted by atomic mass is 16.5. The number of hydrogen-bond acceptors (Lipinski definition) is 6.